The molecule has 2 nitrogen and oxygen atoms in total. The Hall–Kier alpha value is -1.46. The minimum Gasteiger partial charge on any atom is -0.505 e. The minimum absolute atomic E-state index is 0.283. The predicted molar refractivity (Wildman–Crippen MR) is 37.5 cm³/mol. The van der Waals surface area contributed by atoms with E-state index in [1.54, 1.807) is 0 Å². The van der Waals surface area contributed by atoms with Crippen LogP contribution in [0.3, 0.4) is 0 Å². The third-order valence-corrected chi connectivity index (χ3v) is 1.41. The summed E-state index contributed by atoms with van der Waals surface area (Å²) in [5.41, 5.74) is 2.98. The molecule has 0 fully saturated rings. The van der Waals surface area contributed by atoms with Crippen LogP contribution < -0.4 is 5.73 Å². The Balaban J connectivity index is 3.29. The number of aromatic hydroxyl groups is 1. The van der Waals surface area contributed by atoms with Gasteiger partial charge in [0.15, 0.2) is 11.6 Å². The maximum atomic E-state index is 12.6. The summed E-state index contributed by atoms with van der Waals surface area (Å²) in [5.74, 6) is -2.35. The van der Waals surface area contributed by atoms with Gasteiger partial charge in [0.1, 0.15) is 0 Å². The molecule has 0 amide bonds. The maximum Gasteiger partial charge on any atom is 0.416 e. The Kier molecular flexibility index (Phi) is 2.07. The number of alkyl halides is 3. The van der Waals surface area contributed by atoms with Crippen LogP contribution in [0.15, 0.2) is 12.1 Å². The largest absolute Gasteiger partial charge is 0.505 e. The maximum absolute atomic E-state index is 12.6. The first kappa shape index (κ1) is 9.63. The topological polar surface area (TPSA) is 46.2 Å². The van der Waals surface area contributed by atoms with Crippen LogP contribution in [0.1, 0.15) is 5.56 Å². The molecule has 3 N–H and O–H groups in total. The second-order valence-electron chi connectivity index (χ2n) is 2.40. The van der Waals surface area contributed by atoms with Gasteiger partial charge in [0.25, 0.3) is 0 Å². The van der Waals surface area contributed by atoms with Gasteiger partial charge in [0, 0.05) is 0 Å². The fourth-order valence-electron chi connectivity index (χ4n) is 0.795. The van der Waals surface area contributed by atoms with Gasteiger partial charge in [0.2, 0.25) is 0 Å². The summed E-state index contributed by atoms with van der Waals surface area (Å²) in [6.45, 7) is 0. The molecular weight excluding hydrogens is 190 g/mol. The van der Waals surface area contributed by atoms with Gasteiger partial charge in [-0.1, -0.05) is 0 Å². The molecule has 0 atom stereocenters. The van der Waals surface area contributed by atoms with Crippen molar-refractivity contribution in [3.63, 3.8) is 0 Å². The Morgan fingerprint density at radius 3 is 2.15 bits per heavy atom. The first-order chi connectivity index (χ1) is 5.82. The molecule has 1 aromatic rings. The number of nitrogen functional groups attached to an aromatic ring is 1. The Morgan fingerprint density at radius 2 is 1.77 bits per heavy atom. The number of anilines is 1. The average molecular weight is 195 g/mol. The first-order valence-corrected chi connectivity index (χ1v) is 3.17. The van der Waals surface area contributed by atoms with Crippen molar-refractivity contribution in [1.82, 2.24) is 0 Å². The van der Waals surface area contributed by atoms with E-state index in [4.69, 9.17) is 10.8 Å². The standard InChI is InChI=1S/C7H5F4NO/c8-6-4(12)1-3(2-5(6)13)7(9,10)11/h1-2,13H,12H2. The number of hydrogen-bond donors (Lipinski definition) is 2. The van der Waals surface area contributed by atoms with Crippen molar-refractivity contribution in [3.05, 3.63) is 23.5 Å². The van der Waals surface area contributed by atoms with Gasteiger partial charge in [0.05, 0.1) is 11.3 Å². The highest BCUT2D eigenvalue weighted by molar-refractivity contribution is 5.49. The zero-order valence-corrected chi connectivity index (χ0v) is 6.19. The molecule has 6 heteroatoms. The molecule has 0 unspecified atom stereocenters. The van der Waals surface area contributed by atoms with E-state index in [2.05, 4.69) is 0 Å². The number of benzene rings is 1. The van der Waals surface area contributed by atoms with Crippen molar-refractivity contribution < 1.29 is 22.7 Å². The summed E-state index contributed by atoms with van der Waals surface area (Å²) in [7, 11) is 0. The smallest absolute Gasteiger partial charge is 0.416 e. The van der Waals surface area contributed by atoms with Gasteiger partial charge in [-0.05, 0) is 12.1 Å². The molecule has 0 bridgehead atoms. The van der Waals surface area contributed by atoms with Crippen LogP contribution in [0.5, 0.6) is 5.75 Å². The van der Waals surface area contributed by atoms with Crippen molar-refractivity contribution in [2.75, 3.05) is 5.73 Å². The van der Waals surface area contributed by atoms with Crippen LogP contribution in [-0.2, 0) is 6.18 Å². The normalized spacial score (nSPS) is 11.7. The van der Waals surface area contributed by atoms with E-state index in [-0.39, 0.29) is 6.07 Å². The second-order valence-corrected chi connectivity index (χ2v) is 2.40. The third-order valence-electron chi connectivity index (χ3n) is 1.41. The lowest BCUT2D eigenvalue weighted by molar-refractivity contribution is -0.137. The van der Waals surface area contributed by atoms with Gasteiger partial charge in [-0.2, -0.15) is 13.2 Å². The van der Waals surface area contributed by atoms with E-state index in [0.717, 1.165) is 0 Å². The quantitative estimate of drug-likeness (QED) is 0.492. The van der Waals surface area contributed by atoms with Gasteiger partial charge in [-0.15, -0.1) is 0 Å². The second kappa shape index (κ2) is 2.79. The molecule has 0 radical (unpaired) electrons. The van der Waals surface area contributed by atoms with Crippen LogP contribution in [0.25, 0.3) is 0 Å². The number of halogens is 4. The van der Waals surface area contributed by atoms with Gasteiger partial charge in [-0.3, -0.25) is 0 Å². The predicted octanol–water partition coefficient (Wildman–Crippen LogP) is 2.13. The third kappa shape index (κ3) is 1.82. The molecule has 0 saturated heterocycles. The van der Waals surface area contributed by atoms with Crippen LogP contribution in [0, 0.1) is 5.82 Å². The van der Waals surface area contributed by atoms with E-state index < -0.39 is 29.0 Å². The zero-order valence-electron chi connectivity index (χ0n) is 6.19. The summed E-state index contributed by atoms with van der Waals surface area (Å²) >= 11 is 0. The van der Waals surface area contributed by atoms with Crippen molar-refractivity contribution >= 4 is 5.69 Å². The lowest BCUT2D eigenvalue weighted by atomic mass is 10.2. The molecule has 0 spiro atoms. The van der Waals surface area contributed by atoms with Crippen LogP contribution >= 0.6 is 0 Å². The van der Waals surface area contributed by atoms with Crippen LogP contribution in [-0.4, -0.2) is 5.11 Å². The lowest BCUT2D eigenvalue weighted by Gasteiger charge is -2.08. The molecule has 72 valence electrons. The number of nitrogens with two attached hydrogens (primary N) is 1. The monoisotopic (exact) mass is 195 g/mol. The summed E-state index contributed by atoms with van der Waals surface area (Å²) in [4.78, 5) is 0. The number of rotatable bonds is 0. The molecular formula is C7H5F4NO. The summed E-state index contributed by atoms with van der Waals surface area (Å²) < 4.78 is 48.5. The van der Waals surface area contributed by atoms with E-state index in [9.17, 15) is 17.6 Å². The van der Waals surface area contributed by atoms with Gasteiger partial charge in [-0.25, -0.2) is 4.39 Å². The van der Waals surface area contributed by atoms with E-state index in [1.807, 2.05) is 0 Å². The number of phenolic OH excluding ortho intramolecular Hbond substituents is 1. The minimum atomic E-state index is -4.64. The SMILES string of the molecule is Nc1cc(C(F)(F)F)cc(O)c1F. The van der Waals surface area contributed by atoms with Crippen molar-refractivity contribution in [2.24, 2.45) is 0 Å². The van der Waals surface area contributed by atoms with E-state index >= 15 is 0 Å². The van der Waals surface area contributed by atoms with E-state index in [0.29, 0.717) is 6.07 Å². The van der Waals surface area contributed by atoms with Crippen LogP contribution in [0.4, 0.5) is 23.2 Å². The summed E-state index contributed by atoms with van der Waals surface area (Å²) in [6.07, 6.45) is -4.64. The molecule has 0 aliphatic rings. The van der Waals surface area contributed by atoms with Crippen molar-refractivity contribution in [1.29, 1.82) is 0 Å². The fraction of sp³-hybridized carbons (Fsp3) is 0.143. The highest BCUT2D eigenvalue weighted by Gasteiger charge is 2.32. The lowest BCUT2D eigenvalue weighted by Crippen LogP contribution is -2.06. The molecule has 13 heavy (non-hydrogen) atoms. The fourth-order valence-corrected chi connectivity index (χ4v) is 0.795. The number of phenols is 1. The number of hydrogen-bond acceptors (Lipinski definition) is 2. The van der Waals surface area contributed by atoms with E-state index in [1.165, 1.54) is 0 Å². The Labute approximate surface area is 70.6 Å². The average Bonchev–Trinajstić information content (AvgIpc) is 1.97. The molecule has 0 aliphatic heterocycles. The molecule has 0 heterocycles. The molecule has 0 aromatic heterocycles. The highest BCUT2D eigenvalue weighted by Crippen LogP contribution is 2.34. The first-order valence-electron chi connectivity index (χ1n) is 3.17. The van der Waals surface area contributed by atoms with Crippen molar-refractivity contribution in [3.8, 4) is 5.75 Å². The van der Waals surface area contributed by atoms with Gasteiger partial charge < -0.3 is 10.8 Å². The Bertz CT molecular complexity index is 311. The summed E-state index contributed by atoms with van der Waals surface area (Å²) in [5, 5.41) is 8.69. The van der Waals surface area contributed by atoms with Gasteiger partial charge >= 0.3 is 6.18 Å². The molecule has 0 saturated carbocycles. The molecule has 1 rings (SSSR count). The highest BCUT2D eigenvalue weighted by atomic mass is 19.4. The zero-order chi connectivity index (χ0) is 10.2. The van der Waals surface area contributed by atoms with Crippen molar-refractivity contribution in [2.45, 2.75) is 6.18 Å². The molecule has 0 aliphatic carbocycles. The molecule has 1 aromatic carbocycles. The Morgan fingerprint density at radius 1 is 1.23 bits per heavy atom. The summed E-state index contributed by atoms with van der Waals surface area (Å²) in [6, 6.07) is 0.709. The van der Waals surface area contributed by atoms with Crippen LogP contribution in [0.2, 0.25) is 0 Å².